The number of methoxy groups -OCH3 is 4. The summed E-state index contributed by atoms with van der Waals surface area (Å²) in [5.74, 6) is 2.53. The highest BCUT2D eigenvalue weighted by Gasteiger charge is 2.13. The summed E-state index contributed by atoms with van der Waals surface area (Å²) in [6.45, 7) is 0. The molecule has 0 aliphatic heterocycles. The van der Waals surface area contributed by atoms with E-state index in [0.29, 0.717) is 29.4 Å². The summed E-state index contributed by atoms with van der Waals surface area (Å²) in [6.07, 6.45) is 0.611. The summed E-state index contributed by atoms with van der Waals surface area (Å²) in [5, 5.41) is 9.67. The predicted octanol–water partition coefficient (Wildman–Crippen LogP) is 3.02. The van der Waals surface area contributed by atoms with Crippen molar-refractivity contribution < 1.29 is 24.1 Å². The van der Waals surface area contributed by atoms with E-state index in [9.17, 15) is 5.11 Å². The molecule has 0 fully saturated rings. The molecular weight excluding hydrogens is 284 g/mol. The fourth-order valence-electron chi connectivity index (χ4n) is 2.28. The molecule has 0 atom stereocenters. The molecule has 5 nitrogen and oxygen atoms in total. The zero-order valence-corrected chi connectivity index (χ0v) is 13.2. The maximum atomic E-state index is 9.67. The minimum atomic E-state index is 0.116. The largest absolute Gasteiger partial charge is 0.504 e. The van der Waals surface area contributed by atoms with E-state index >= 15 is 0 Å². The number of phenolic OH excluding ortho intramolecular Hbond substituents is 1. The normalized spacial score (nSPS) is 10.2. The molecule has 118 valence electrons. The van der Waals surface area contributed by atoms with Gasteiger partial charge in [-0.15, -0.1) is 0 Å². The maximum Gasteiger partial charge on any atom is 0.164 e. The third kappa shape index (κ3) is 3.19. The summed E-state index contributed by atoms with van der Waals surface area (Å²) in [5.41, 5.74) is 1.94. The lowest BCUT2D eigenvalue weighted by Gasteiger charge is -2.14. The molecule has 0 unspecified atom stereocenters. The lowest BCUT2D eigenvalue weighted by atomic mass is 10.0. The van der Waals surface area contributed by atoms with Gasteiger partial charge in [0.2, 0.25) is 0 Å². The highest BCUT2D eigenvalue weighted by molar-refractivity contribution is 5.53. The second-order valence-corrected chi connectivity index (χ2v) is 4.70. The van der Waals surface area contributed by atoms with Crippen molar-refractivity contribution in [2.24, 2.45) is 0 Å². The molecule has 0 saturated carbocycles. The second-order valence-electron chi connectivity index (χ2n) is 4.70. The summed E-state index contributed by atoms with van der Waals surface area (Å²) in [7, 11) is 6.32. The molecule has 0 aliphatic carbocycles. The van der Waals surface area contributed by atoms with Gasteiger partial charge in [-0.25, -0.2) is 0 Å². The molecule has 1 N–H and O–H groups in total. The van der Waals surface area contributed by atoms with E-state index in [0.717, 1.165) is 11.1 Å². The highest BCUT2D eigenvalue weighted by Crippen LogP contribution is 2.36. The second kappa shape index (κ2) is 6.93. The highest BCUT2D eigenvalue weighted by atomic mass is 16.5. The third-order valence-corrected chi connectivity index (χ3v) is 3.43. The van der Waals surface area contributed by atoms with Crippen molar-refractivity contribution in [1.29, 1.82) is 0 Å². The fourth-order valence-corrected chi connectivity index (χ4v) is 2.28. The molecule has 0 saturated heterocycles. The minimum Gasteiger partial charge on any atom is -0.504 e. The van der Waals surface area contributed by atoms with E-state index in [1.54, 1.807) is 39.5 Å². The molecule has 2 aromatic carbocycles. The monoisotopic (exact) mass is 304 g/mol. The summed E-state index contributed by atoms with van der Waals surface area (Å²) in [4.78, 5) is 0. The molecule has 0 amide bonds. The van der Waals surface area contributed by atoms with Crippen molar-refractivity contribution >= 4 is 0 Å². The van der Waals surface area contributed by atoms with Crippen molar-refractivity contribution in [2.75, 3.05) is 28.4 Å². The van der Waals surface area contributed by atoms with Gasteiger partial charge in [0.05, 0.1) is 28.4 Å². The summed E-state index contributed by atoms with van der Waals surface area (Å²) in [6, 6.07) is 8.93. The first-order chi connectivity index (χ1) is 10.6. The molecule has 0 aromatic heterocycles. The van der Waals surface area contributed by atoms with Gasteiger partial charge < -0.3 is 24.1 Å². The molecule has 2 aromatic rings. The zero-order valence-electron chi connectivity index (χ0n) is 13.2. The third-order valence-electron chi connectivity index (χ3n) is 3.43. The van der Waals surface area contributed by atoms with E-state index in [-0.39, 0.29) is 5.75 Å². The topological polar surface area (TPSA) is 57.2 Å². The SMILES string of the molecule is COc1cc(Cc2cc(OC)c(OC)cc2OC)ccc1O. The lowest BCUT2D eigenvalue weighted by Crippen LogP contribution is -1.98. The molecule has 0 radical (unpaired) electrons. The van der Waals surface area contributed by atoms with Crippen LogP contribution in [-0.4, -0.2) is 33.5 Å². The smallest absolute Gasteiger partial charge is 0.164 e. The van der Waals surface area contributed by atoms with Gasteiger partial charge in [0.15, 0.2) is 23.0 Å². The van der Waals surface area contributed by atoms with E-state index in [1.807, 2.05) is 12.1 Å². The average molecular weight is 304 g/mol. The van der Waals surface area contributed by atoms with Gasteiger partial charge >= 0.3 is 0 Å². The Balaban J connectivity index is 2.39. The summed E-state index contributed by atoms with van der Waals surface area (Å²) < 4.78 is 21.2. The Morgan fingerprint density at radius 3 is 1.91 bits per heavy atom. The van der Waals surface area contributed by atoms with Crippen molar-refractivity contribution in [3.8, 4) is 28.7 Å². The van der Waals surface area contributed by atoms with Gasteiger partial charge in [-0.1, -0.05) is 6.07 Å². The number of rotatable bonds is 6. The van der Waals surface area contributed by atoms with Crippen molar-refractivity contribution in [2.45, 2.75) is 6.42 Å². The first-order valence-electron chi connectivity index (χ1n) is 6.77. The van der Waals surface area contributed by atoms with Crippen LogP contribution in [0.4, 0.5) is 0 Å². The number of hydrogen-bond donors (Lipinski definition) is 1. The fraction of sp³-hybridized carbons (Fsp3) is 0.294. The van der Waals surface area contributed by atoms with Crippen molar-refractivity contribution in [1.82, 2.24) is 0 Å². The van der Waals surface area contributed by atoms with E-state index in [1.165, 1.54) is 7.11 Å². The Morgan fingerprint density at radius 1 is 0.727 bits per heavy atom. The van der Waals surface area contributed by atoms with Gasteiger partial charge in [0.1, 0.15) is 5.75 Å². The van der Waals surface area contributed by atoms with Crippen LogP contribution in [0.15, 0.2) is 30.3 Å². The van der Waals surface area contributed by atoms with E-state index < -0.39 is 0 Å². The number of benzene rings is 2. The standard InChI is InChI=1S/C17H20O5/c1-19-14-10-17(22-4)16(21-3)9-12(14)7-11-5-6-13(18)15(8-11)20-2/h5-6,8-10,18H,7H2,1-4H3. The molecule has 0 spiro atoms. The quantitative estimate of drug-likeness (QED) is 0.889. The van der Waals surface area contributed by atoms with Gasteiger partial charge in [-0.2, -0.15) is 0 Å². The molecule has 2 rings (SSSR count). The Labute approximate surface area is 130 Å². The minimum absolute atomic E-state index is 0.116. The summed E-state index contributed by atoms with van der Waals surface area (Å²) >= 11 is 0. The van der Waals surface area contributed by atoms with Crippen molar-refractivity contribution in [3.05, 3.63) is 41.5 Å². The Kier molecular flexibility index (Phi) is 4.99. The van der Waals surface area contributed by atoms with Crippen LogP contribution in [0.3, 0.4) is 0 Å². The molecule has 0 bridgehead atoms. The van der Waals surface area contributed by atoms with Gasteiger partial charge in [0, 0.05) is 18.1 Å². The van der Waals surface area contributed by atoms with Crippen LogP contribution >= 0.6 is 0 Å². The van der Waals surface area contributed by atoms with E-state index in [2.05, 4.69) is 0 Å². The van der Waals surface area contributed by atoms with Crippen LogP contribution in [0.2, 0.25) is 0 Å². The Bertz CT molecular complexity index is 652. The molecular formula is C17H20O5. The number of ether oxygens (including phenoxy) is 4. The van der Waals surface area contributed by atoms with Crippen LogP contribution in [-0.2, 0) is 6.42 Å². The van der Waals surface area contributed by atoms with Crippen LogP contribution in [0.1, 0.15) is 11.1 Å². The molecule has 0 heterocycles. The van der Waals surface area contributed by atoms with Crippen LogP contribution in [0.5, 0.6) is 28.7 Å². The lowest BCUT2D eigenvalue weighted by molar-refractivity contribution is 0.347. The van der Waals surface area contributed by atoms with E-state index in [4.69, 9.17) is 18.9 Å². The van der Waals surface area contributed by atoms with Crippen LogP contribution < -0.4 is 18.9 Å². The Morgan fingerprint density at radius 2 is 1.32 bits per heavy atom. The average Bonchev–Trinajstić information content (AvgIpc) is 2.56. The Hall–Kier alpha value is -2.56. The molecule has 5 heteroatoms. The van der Waals surface area contributed by atoms with Gasteiger partial charge in [-0.3, -0.25) is 0 Å². The first-order valence-corrected chi connectivity index (χ1v) is 6.77. The van der Waals surface area contributed by atoms with Crippen LogP contribution in [0.25, 0.3) is 0 Å². The van der Waals surface area contributed by atoms with Crippen molar-refractivity contribution in [3.63, 3.8) is 0 Å². The number of aromatic hydroxyl groups is 1. The predicted molar refractivity (Wildman–Crippen MR) is 83.6 cm³/mol. The van der Waals surface area contributed by atoms with Crippen LogP contribution in [0, 0.1) is 0 Å². The number of phenols is 1. The molecule has 0 aliphatic rings. The molecule has 22 heavy (non-hydrogen) atoms. The first kappa shape index (κ1) is 15.8. The maximum absolute atomic E-state index is 9.67. The zero-order chi connectivity index (χ0) is 16.1. The van der Waals surface area contributed by atoms with Gasteiger partial charge in [0.25, 0.3) is 0 Å². The number of hydrogen-bond acceptors (Lipinski definition) is 5. The van der Waals surface area contributed by atoms with Gasteiger partial charge in [-0.05, 0) is 23.8 Å².